The fourth-order valence-electron chi connectivity index (χ4n) is 1.42. The molecule has 0 fully saturated rings. The Hall–Kier alpha value is -2.56. The summed E-state index contributed by atoms with van der Waals surface area (Å²) in [4.78, 5) is 11.8. The molecule has 0 bridgehead atoms. The van der Waals surface area contributed by atoms with Gasteiger partial charge in [0, 0.05) is 11.3 Å². The number of anilines is 2. The molecule has 0 radical (unpaired) electrons. The lowest BCUT2D eigenvalue weighted by atomic mass is 10.2. The number of rotatable bonds is 2. The van der Waals surface area contributed by atoms with E-state index in [2.05, 4.69) is 5.32 Å². The van der Waals surface area contributed by atoms with Gasteiger partial charge in [-0.1, -0.05) is 0 Å². The van der Waals surface area contributed by atoms with E-state index in [1.807, 2.05) is 0 Å². The van der Waals surface area contributed by atoms with Crippen LogP contribution in [0.25, 0.3) is 0 Å². The zero-order valence-corrected chi connectivity index (χ0v) is 9.35. The van der Waals surface area contributed by atoms with Crippen molar-refractivity contribution in [2.45, 2.75) is 0 Å². The van der Waals surface area contributed by atoms with Crippen LogP contribution in [0.1, 0.15) is 10.4 Å². The number of phenols is 1. The Morgan fingerprint density at radius 3 is 2.44 bits per heavy atom. The van der Waals surface area contributed by atoms with Crippen molar-refractivity contribution in [3.63, 3.8) is 0 Å². The van der Waals surface area contributed by atoms with Gasteiger partial charge in [0.05, 0.1) is 5.69 Å². The first kappa shape index (κ1) is 11.9. The summed E-state index contributed by atoms with van der Waals surface area (Å²) in [6.07, 6.45) is 0. The molecule has 2 aromatic carbocycles. The lowest BCUT2D eigenvalue weighted by Gasteiger charge is -2.06. The fourth-order valence-corrected chi connectivity index (χ4v) is 1.42. The molecule has 4 nitrogen and oxygen atoms in total. The predicted octanol–water partition coefficient (Wildman–Crippen LogP) is 2.37. The first-order valence-corrected chi connectivity index (χ1v) is 5.21. The fraction of sp³-hybridized carbons (Fsp3) is 0. The number of aromatic hydroxyl groups is 1. The van der Waals surface area contributed by atoms with E-state index >= 15 is 0 Å². The van der Waals surface area contributed by atoms with E-state index in [1.54, 1.807) is 12.1 Å². The summed E-state index contributed by atoms with van der Waals surface area (Å²) in [5, 5.41) is 11.7. The van der Waals surface area contributed by atoms with Gasteiger partial charge < -0.3 is 16.2 Å². The van der Waals surface area contributed by atoms with Crippen molar-refractivity contribution in [2.75, 3.05) is 11.1 Å². The molecular formula is C13H11FN2O2. The number of nitrogens with two attached hydrogens (primary N) is 1. The summed E-state index contributed by atoms with van der Waals surface area (Å²) in [5.74, 6) is -0.973. The minimum atomic E-state index is -0.631. The van der Waals surface area contributed by atoms with Crippen molar-refractivity contribution in [2.24, 2.45) is 0 Å². The molecule has 0 atom stereocenters. The average molecular weight is 246 g/mol. The first-order chi connectivity index (χ1) is 8.56. The SMILES string of the molecule is Nc1ccc(C(=O)Nc2ccc(O)cc2)cc1F. The minimum Gasteiger partial charge on any atom is -0.508 e. The van der Waals surface area contributed by atoms with E-state index in [0.717, 1.165) is 6.07 Å². The second-order valence-electron chi connectivity index (χ2n) is 3.74. The molecule has 2 aromatic rings. The Labute approximate surface area is 103 Å². The summed E-state index contributed by atoms with van der Waals surface area (Å²) in [7, 11) is 0. The van der Waals surface area contributed by atoms with Crippen LogP contribution >= 0.6 is 0 Å². The quantitative estimate of drug-likeness (QED) is 0.562. The largest absolute Gasteiger partial charge is 0.508 e. The summed E-state index contributed by atoms with van der Waals surface area (Å²) in [5.41, 5.74) is 6.01. The Balaban J connectivity index is 2.16. The number of hydrogen-bond acceptors (Lipinski definition) is 3. The maximum atomic E-state index is 13.2. The van der Waals surface area contributed by atoms with Gasteiger partial charge in [-0.05, 0) is 42.5 Å². The standard InChI is InChI=1S/C13H11FN2O2/c14-11-7-8(1-6-12(11)15)13(18)16-9-2-4-10(17)5-3-9/h1-7,17H,15H2,(H,16,18). The summed E-state index contributed by atoms with van der Waals surface area (Å²) in [6, 6.07) is 9.82. The van der Waals surface area contributed by atoms with Crippen molar-refractivity contribution in [3.8, 4) is 5.75 Å². The molecule has 0 aliphatic rings. The monoisotopic (exact) mass is 246 g/mol. The number of amides is 1. The third kappa shape index (κ3) is 2.57. The number of phenolic OH excluding ortho intramolecular Hbond substituents is 1. The van der Waals surface area contributed by atoms with E-state index in [-0.39, 0.29) is 17.0 Å². The molecule has 0 aliphatic carbocycles. The summed E-state index contributed by atoms with van der Waals surface area (Å²) in [6.45, 7) is 0. The molecule has 0 unspecified atom stereocenters. The van der Waals surface area contributed by atoms with E-state index < -0.39 is 11.7 Å². The number of nitrogen functional groups attached to an aromatic ring is 1. The molecule has 0 aromatic heterocycles. The highest BCUT2D eigenvalue weighted by molar-refractivity contribution is 6.04. The molecule has 92 valence electrons. The second-order valence-corrected chi connectivity index (χ2v) is 3.74. The third-order valence-electron chi connectivity index (χ3n) is 2.39. The highest BCUT2D eigenvalue weighted by Gasteiger charge is 2.08. The Morgan fingerprint density at radius 1 is 1.17 bits per heavy atom. The van der Waals surface area contributed by atoms with Gasteiger partial charge in [-0.25, -0.2) is 4.39 Å². The van der Waals surface area contributed by atoms with Crippen LogP contribution in [0.3, 0.4) is 0 Å². The summed E-state index contributed by atoms with van der Waals surface area (Å²) >= 11 is 0. The lowest BCUT2D eigenvalue weighted by molar-refractivity contribution is 0.102. The topological polar surface area (TPSA) is 75.4 Å². The van der Waals surface area contributed by atoms with Gasteiger partial charge in [-0.2, -0.15) is 0 Å². The Bertz CT molecular complexity index is 582. The van der Waals surface area contributed by atoms with Gasteiger partial charge in [0.15, 0.2) is 0 Å². The number of hydrogen-bond donors (Lipinski definition) is 3. The number of carbonyl (C=O) groups is 1. The van der Waals surface area contributed by atoms with Crippen molar-refractivity contribution < 1.29 is 14.3 Å². The lowest BCUT2D eigenvalue weighted by Crippen LogP contribution is -2.12. The zero-order chi connectivity index (χ0) is 13.1. The minimum absolute atomic E-state index is 0.00353. The number of benzene rings is 2. The number of halogens is 1. The van der Waals surface area contributed by atoms with Crippen LogP contribution in [0.15, 0.2) is 42.5 Å². The van der Waals surface area contributed by atoms with Gasteiger partial charge in [-0.15, -0.1) is 0 Å². The molecule has 0 saturated heterocycles. The van der Waals surface area contributed by atoms with Crippen molar-refractivity contribution in [3.05, 3.63) is 53.8 Å². The smallest absolute Gasteiger partial charge is 0.255 e. The molecule has 2 rings (SSSR count). The third-order valence-corrected chi connectivity index (χ3v) is 2.39. The Morgan fingerprint density at radius 2 is 1.83 bits per heavy atom. The molecule has 4 N–H and O–H groups in total. The number of carbonyl (C=O) groups excluding carboxylic acids is 1. The predicted molar refractivity (Wildman–Crippen MR) is 66.9 cm³/mol. The van der Waals surface area contributed by atoms with E-state index in [4.69, 9.17) is 10.8 Å². The molecule has 0 saturated carbocycles. The van der Waals surface area contributed by atoms with E-state index in [1.165, 1.54) is 24.3 Å². The molecule has 0 spiro atoms. The second kappa shape index (κ2) is 4.75. The normalized spacial score (nSPS) is 10.1. The van der Waals surface area contributed by atoms with Crippen molar-refractivity contribution >= 4 is 17.3 Å². The van der Waals surface area contributed by atoms with Crippen LogP contribution in [0, 0.1) is 5.82 Å². The summed E-state index contributed by atoms with van der Waals surface area (Å²) < 4.78 is 13.2. The molecular weight excluding hydrogens is 235 g/mol. The van der Waals surface area contributed by atoms with Gasteiger partial charge in [0.1, 0.15) is 11.6 Å². The molecule has 0 aliphatic heterocycles. The van der Waals surface area contributed by atoms with Crippen LogP contribution in [-0.4, -0.2) is 11.0 Å². The highest BCUT2D eigenvalue weighted by atomic mass is 19.1. The molecule has 1 amide bonds. The maximum absolute atomic E-state index is 13.2. The maximum Gasteiger partial charge on any atom is 0.255 e. The van der Waals surface area contributed by atoms with Crippen molar-refractivity contribution in [1.29, 1.82) is 0 Å². The van der Waals surface area contributed by atoms with Gasteiger partial charge in [0.2, 0.25) is 0 Å². The van der Waals surface area contributed by atoms with Crippen LogP contribution in [0.2, 0.25) is 0 Å². The van der Waals surface area contributed by atoms with E-state index in [9.17, 15) is 9.18 Å². The molecule has 18 heavy (non-hydrogen) atoms. The number of nitrogens with one attached hydrogen (secondary N) is 1. The van der Waals surface area contributed by atoms with Gasteiger partial charge in [0.25, 0.3) is 5.91 Å². The Kier molecular flexibility index (Phi) is 3.14. The van der Waals surface area contributed by atoms with Gasteiger partial charge >= 0.3 is 0 Å². The van der Waals surface area contributed by atoms with Gasteiger partial charge in [-0.3, -0.25) is 4.79 Å². The van der Waals surface area contributed by atoms with Crippen LogP contribution in [0.4, 0.5) is 15.8 Å². The zero-order valence-electron chi connectivity index (χ0n) is 9.35. The molecule has 5 heteroatoms. The first-order valence-electron chi connectivity index (χ1n) is 5.21. The van der Waals surface area contributed by atoms with Crippen LogP contribution < -0.4 is 11.1 Å². The molecule has 0 heterocycles. The highest BCUT2D eigenvalue weighted by Crippen LogP contribution is 2.16. The average Bonchev–Trinajstić information content (AvgIpc) is 2.35. The van der Waals surface area contributed by atoms with Crippen LogP contribution in [0.5, 0.6) is 5.75 Å². The van der Waals surface area contributed by atoms with Crippen molar-refractivity contribution in [1.82, 2.24) is 0 Å². The van der Waals surface area contributed by atoms with Crippen LogP contribution in [-0.2, 0) is 0 Å². The van der Waals surface area contributed by atoms with E-state index in [0.29, 0.717) is 5.69 Å².